The maximum absolute atomic E-state index is 13.8. The molecule has 0 saturated heterocycles. The van der Waals surface area contributed by atoms with Crippen LogP contribution in [0.5, 0.6) is 0 Å². The van der Waals surface area contributed by atoms with Crippen LogP contribution in [-0.4, -0.2) is 4.98 Å². The molecule has 0 N–H and O–H groups in total. The number of oxazole rings is 1. The monoisotopic (exact) mass is 367 g/mol. The lowest BCUT2D eigenvalue weighted by molar-refractivity contribution is -0.143. The first-order chi connectivity index (χ1) is 11.2. The molecule has 0 unspecified atom stereocenters. The standard InChI is InChI=1S/C14H4F7NOS/c15-8-7(14(19,20)21)9(16)11(18)12(10(8)17)24-13-22-5-3-1-2-4-6(5)23-13/h1-4H. The second-order valence-corrected chi connectivity index (χ2v) is 5.47. The van der Waals surface area contributed by atoms with Gasteiger partial charge in [0.15, 0.2) is 28.9 Å². The van der Waals surface area contributed by atoms with Crippen LogP contribution in [0.4, 0.5) is 30.7 Å². The van der Waals surface area contributed by atoms with Crippen LogP contribution in [0.3, 0.4) is 0 Å². The van der Waals surface area contributed by atoms with E-state index in [4.69, 9.17) is 4.42 Å². The Labute approximate surface area is 133 Å². The zero-order valence-electron chi connectivity index (χ0n) is 11.2. The normalized spacial score (nSPS) is 12.1. The summed E-state index contributed by atoms with van der Waals surface area (Å²) in [5, 5.41) is -0.382. The molecule has 2 nitrogen and oxygen atoms in total. The summed E-state index contributed by atoms with van der Waals surface area (Å²) in [4.78, 5) is 2.50. The molecule has 0 radical (unpaired) electrons. The molecule has 0 aliphatic rings. The van der Waals surface area contributed by atoms with Gasteiger partial charge in [0.25, 0.3) is 5.22 Å². The molecule has 1 heterocycles. The van der Waals surface area contributed by atoms with Gasteiger partial charge in [-0.25, -0.2) is 22.5 Å². The van der Waals surface area contributed by atoms with E-state index in [0.717, 1.165) is 0 Å². The molecule has 10 heteroatoms. The third-order valence-corrected chi connectivity index (χ3v) is 3.88. The molecule has 0 atom stereocenters. The minimum atomic E-state index is -5.59. The number of nitrogens with zero attached hydrogens (tertiary/aromatic N) is 1. The Morgan fingerprint density at radius 2 is 1.46 bits per heavy atom. The molecular weight excluding hydrogens is 363 g/mol. The number of hydrogen-bond acceptors (Lipinski definition) is 3. The van der Waals surface area contributed by atoms with Gasteiger partial charge in [-0.15, -0.1) is 0 Å². The Morgan fingerprint density at radius 3 is 2.00 bits per heavy atom. The minimum absolute atomic E-state index is 0.0391. The minimum Gasteiger partial charge on any atom is -0.431 e. The van der Waals surface area contributed by atoms with E-state index < -0.39 is 39.9 Å². The van der Waals surface area contributed by atoms with Gasteiger partial charge in [0.1, 0.15) is 11.1 Å². The molecule has 0 aliphatic heterocycles. The maximum atomic E-state index is 13.8. The molecule has 24 heavy (non-hydrogen) atoms. The average molecular weight is 367 g/mol. The van der Waals surface area contributed by atoms with Crippen molar-refractivity contribution in [1.82, 2.24) is 4.98 Å². The summed E-state index contributed by atoms with van der Waals surface area (Å²) in [5.74, 6) is -9.40. The van der Waals surface area contributed by atoms with E-state index in [1.807, 2.05) is 0 Å². The zero-order chi connectivity index (χ0) is 17.6. The lowest BCUT2D eigenvalue weighted by Crippen LogP contribution is -2.15. The van der Waals surface area contributed by atoms with Crippen LogP contribution < -0.4 is 0 Å². The van der Waals surface area contributed by atoms with Gasteiger partial charge in [-0.3, -0.25) is 0 Å². The van der Waals surface area contributed by atoms with Crippen molar-refractivity contribution in [3.8, 4) is 0 Å². The van der Waals surface area contributed by atoms with Crippen molar-refractivity contribution in [2.24, 2.45) is 0 Å². The summed E-state index contributed by atoms with van der Waals surface area (Å²) in [6, 6.07) is 6.16. The van der Waals surface area contributed by atoms with E-state index in [1.54, 1.807) is 12.1 Å². The second-order valence-electron chi connectivity index (χ2n) is 4.51. The van der Waals surface area contributed by atoms with E-state index in [0.29, 0.717) is 5.52 Å². The lowest BCUT2D eigenvalue weighted by Gasteiger charge is -2.12. The topological polar surface area (TPSA) is 26.0 Å². The molecule has 3 rings (SSSR count). The van der Waals surface area contributed by atoms with Gasteiger partial charge in [-0.1, -0.05) is 12.1 Å². The Hall–Kier alpha value is -2.23. The van der Waals surface area contributed by atoms with Gasteiger partial charge in [0.05, 0.1) is 4.90 Å². The highest BCUT2D eigenvalue weighted by Gasteiger charge is 2.42. The van der Waals surface area contributed by atoms with Crippen LogP contribution in [-0.2, 0) is 6.18 Å². The largest absolute Gasteiger partial charge is 0.431 e. The summed E-state index contributed by atoms with van der Waals surface area (Å²) in [7, 11) is 0. The summed E-state index contributed by atoms with van der Waals surface area (Å²) in [5.41, 5.74) is -2.10. The van der Waals surface area contributed by atoms with E-state index >= 15 is 0 Å². The third-order valence-electron chi connectivity index (χ3n) is 2.97. The number of aromatic nitrogens is 1. The number of hydrogen-bond donors (Lipinski definition) is 0. The van der Waals surface area contributed by atoms with Crippen molar-refractivity contribution in [1.29, 1.82) is 0 Å². The fraction of sp³-hybridized carbons (Fsp3) is 0.0714. The first-order valence-electron chi connectivity index (χ1n) is 6.16. The fourth-order valence-corrected chi connectivity index (χ4v) is 2.74. The number of rotatable bonds is 2. The van der Waals surface area contributed by atoms with E-state index in [2.05, 4.69) is 4.98 Å². The molecule has 3 aromatic rings. The molecule has 0 amide bonds. The Bertz CT molecular complexity index is 873. The van der Waals surface area contributed by atoms with Crippen molar-refractivity contribution in [2.45, 2.75) is 16.3 Å². The Kier molecular flexibility index (Phi) is 3.94. The third kappa shape index (κ3) is 2.70. The highest BCUT2D eigenvalue weighted by atomic mass is 32.2. The van der Waals surface area contributed by atoms with E-state index in [1.165, 1.54) is 12.1 Å². The number of alkyl halides is 3. The molecular formula is C14H4F7NOS. The lowest BCUT2D eigenvalue weighted by atomic mass is 10.1. The van der Waals surface area contributed by atoms with Crippen LogP contribution in [0.15, 0.2) is 38.8 Å². The van der Waals surface area contributed by atoms with Gasteiger partial charge < -0.3 is 4.42 Å². The molecule has 2 aromatic carbocycles. The van der Waals surface area contributed by atoms with Gasteiger partial charge >= 0.3 is 6.18 Å². The quantitative estimate of drug-likeness (QED) is 0.439. The van der Waals surface area contributed by atoms with Gasteiger partial charge in [-0.2, -0.15) is 13.2 Å². The van der Waals surface area contributed by atoms with Crippen molar-refractivity contribution >= 4 is 22.9 Å². The maximum Gasteiger partial charge on any atom is 0.422 e. The molecule has 0 saturated carbocycles. The summed E-state index contributed by atoms with van der Waals surface area (Å²) in [6.07, 6.45) is -5.59. The second kappa shape index (κ2) is 5.69. The highest BCUT2D eigenvalue weighted by molar-refractivity contribution is 7.99. The highest BCUT2D eigenvalue weighted by Crippen LogP contribution is 2.41. The molecule has 0 bridgehead atoms. The van der Waals surface area contributed by atoms with Crippen molar-refractivity contribution < 1.29 is 35.2 Å². The first-order valence-corrected chi connectivity index (χ1v) is 6.98. The molecule has 0 aliphatic carbocycles. The van der Waals surface area contributed by atoms with Crippen LogP contribution in [0.25, 0.3) is 11.1 Å². The van der Waals surface area contributed by atoms with Gasteiger partial charge in [0, 0.05) is 0 Å². The Morgan fingerprint density at radius 1 is 0.875 bits per heavy atom. The number of para-hydroxylation sites is 2. The van der Waals surface area contributed by atoms with Crippen LogP contribution in [0, 0.1) is 23.3 Å². The first kappa shape index (κ1) is 16.6. The van der Waals surface area contributed by atoms with Crippen LogP contribution in [0.1, 0.15) is 5.56 Å². The SMILES string of the molecule is Fc1c(F)c(C(F)(F)F)c(F)c(F)c1Sc1nc2ccccc2o1. The van der Waals surface area contributed by atoms with Gasteiger partial charge in [0.2, 0.25) is 0 Å². The van der Waals surface area contributed by atoms with E-state index in [9.17, 15) is 30.7 Å². The Balaban J connectivity index is 2.11. The van der Waals surface area contributed by atoms with Crippen LogP contribution in [0.2, 0.25) is 0 Å². The average Bonchev–Trinajstić information content (AvgIpc) is 2.91. The fourth-order valence-electron chi connectivity index (χ4n) is 1.93. The smallest absolute Gasteiger partial charge is 0.422 e. The molecule has 0 fully saturated rings. The van der Waals surface area contributed by atoms with Gasteiger partial charge in [-0.05, 0) is 23.9 Å². The van der Waals surface area contributed by atoms with Crippen molar-refractivity contribution in [3.05, 3.63) is 53.1 Å². The molecule has 1 aromatic heterocycles. The zero-order valence-corrected chi connectivity index (χ0v) is 12.0. The number of halogens is 7. The summed E-state index contributed by atoms with van der Waals surface area (Å²) in [6.45, 7) is 0. The van der Waals surface area contributed by atoms with Crippen molar-refractivity contribution in [3.63, 3.8) is 0 Å². The number of benzene rings is 2. The van der Waals surface area contributed by atoms with E-state index in [-0.39, 0.29) is 22.6 Å². The van der Waals surface area contributed by atoms with Crippen LogP contribution >= 0.6 is 11.8 Å². The molecule has 0 spiro atoms. The predicted molar refractivity (Wildman–Crippen MR) is 69.4 cm³/mol. The number of fused-ring (bicyclic) bond motifs is 1. The molecule has 126 valence electrons. The summed E-state index contributed by atoms with van der Waals surface area (Å²) < 4.78 is 97.3. The predicted octanol–water partition coefficient (Wildman–Crippen LogP) is 5.55. The van der Waals surface area contributed by atoms with Crippen molar-refractivity contribution in [2.75, 3.05) is 0 Å². The summed E-state index contributed by atoms with van der Waals surface area (Å²) >= 11 is 0.0391.